The van der Waals surface area contributed by atoms with Crippen LogP contribution in [0.1, 0.15) is 29.1 Å². The molecular weight excluding hydrogens is 282 g/mol. The second kappa shape index (κ2) is 5.80. The van der Waals surface area contributed by atoms with Crippen molar-refractivity contribution in [2.45, 2.75) is 20.3 Å². The molecule has 0 fully saturated rings. The van der Waals surface area contributed by atoms with Crippen LogP contribution in [0.3, 0.4) is 0 Å². The minimum atomic E-state index is -0.313. The van der Waals surface area contributed by atoms with Crippen molar-refractivity contribution in [3.8, 4) is 5.69 Å². The fraction of sp³-hybridized carbons (Fsp3) is 0.200. The highest BCUT2D eigenvalue weighted by molar-refractivity contribution is 6.03. The Morgan fingerprint density at radius 3 is 2.82 bits per heavy atom. The lowest BCUT2D eigenvalue weighted by Crippen LogP contribution is -2.14. The minimum Gasteiger partial charge on any atom is -0.456 e. The summed E-state index contributed by atoms with van der Waals surface area (Å²) in [7, 11) is 0. The summed E-state index contributed by atoms with van der Waals surface area (Å²) >= 11 is 0. The van der Waals surface area contributed by atoms with Crippen molar-refractivity contribution in [2.75, 3.05) is 5.32 Å². The zero-order chi connectivity index (χ0) is 15.5. The maximum atomic E-state index is 12.2. The van der Waals surface area contributed by atoms with Crippen molar-refractivity contribution in [1.82, 2.24) is 20.2 Å². The van der Waals surface area contributed by atoms with E-state index in [1.807, 2.05) is 25.1 Å². The smallest absolute Gasteiger partial charge is 0.291 e. The van der Waals surface area contributed by atoms with Crippen LogP contribution in [0.4, 0.5) is 5.69 Å². The molecule has 1 amide bonds. The lowest BCUT2D eigenvalue weighted by Gasteiger charge is -2.10. The highest BCUT2D eigenvalue weighted by Crippen LogP contribution is 2.21. The molecule has 3 aromatic rings. The highest BCUT2D eigenvalue weighted by atomic mass is 16.3. The predicted molar refractivity (Wildman–Crippen MR) is 79.9 cm³/mol. The van der Waals surface area contributed by atoms with Gasteiger partial charge in [0.2, 0.25) is 0 Å². The number of aryl methyl sites for hydroxylation is 2. The predicted octanol–water partition coefficient (Wildman–Crippen LogP) is 2.38. The van der Waals surface area contributed by atoms with Crippen molar-refractivity contribution in [1.29, 1.82) is 0 Å². The third-order valence-electron chi connectivity index (χ3n) is 3.19. The third-order valence-corrected chi connectivity index (χ3v) is 3.19. The fourth-order valence-corrected chi connectivity index (χ4v) is 2.12. The maximum Gasteiger partial charge on any atom is 0.291 e. The van der Waals surface area contributed by atoms with E-state index in [1.165, 1.54) is 0 Å². The Morgan fingerprint density at radius 1 is 1.27 bits per heavy atom. The van der Waals surface area contributed by atoms with Gasteiger partial charge in [0.1, 0.15) is 5.76 Å². The van der Waals surface area contributed by atoms with Crippen LogP contribution in [0.25, 0.3) is 5.69 Å². The Balaban J connectivity index is 1.93. The summed E-state index contributed by atoms with van der Waals surface area (Å²) < 4.78 is 6.95. The van der Waals surface area contributed by atoms with Crippen LogP contribution in [0.15, 0.2) is 40.8 Å². The van der Waals surface area contributed by atoms with Gasteiger partial charge in [-0.1, -0.05) is 19.1 Å². The van der Waals surface area contributed by atoms with Crippen molar-refractivity contribution in [3.63, 3.8) is 0 Å². The van der Waals surface area contributed by atoms with Crippen molar-refractivity contribution in [2.24, 2.45) is 0 Å². The van der Waals surface area contributed by atoms with Gasteiger partial charge in [0.25, 0.3) is 5.91 Å². The normalized spacial score (nSPS) is 10.6. The second-order valence-electron chi connectivity index (χ2n) is 4.74. The Bertz CT molecular complexity index is 806. The molecule has 0 unspecified atom stereocenters. The molecule has 0 aliphatic rings. The van der Waals surface area contributed by atoms with E-state index in [4.69, 9.17) is 4.42 Å². The number of tetrazole rings is 1. The first-order valence-electron chi connectivity index (χ1n) is 6.93. The summed E-state index contributed by atoms with van der Waals surface area (Å²) in [6.07, 6.45) is 0.687. The number of anilines is 1. The van der Waals surface area contributed by atoms with Crippen LogP contribution in [0.5, 0.6) is 0 Å². The second-order valence-corrected chi connectivity index (χ2v) is 4.74. The largest absolute Gasteiger partial charge is 0.456 e. The van der Waals surface area contributed by atoms with E-state index in [-0.39, 0.29) is 11.7 Å². The van der Waals surface area contributed by atoms with Crippen LogP contribution in [0.2, 0.25) is 0 Å². The molecule has 0 aliphatic heterocycles. The molecule has 2 aromatic heterocycles. The molecule has 0 spiro atoms. The van der Waals surface area contributed by atoms with Gasteiger partial charge >= 0.3 is 0 Å². The molecule has 3 rings (SSSR count). The molecule has 0 saturated carbocycles. The number of aromatic nitrogens is 4. The summed E-state index contributed by atoms with van der Waals surface area (Å²) in [6, 6.07) is 10.7. The molecule has 1 N–H and O–H groups in total. The number of para-hydroxylation sites is 2. The Morgan fingerprint density at radius 2 is 2.09 bits per heavy atom. The summed E-state index contributed by atoms with van der Waals surface area (Å²) in [5.41, 5.74) is 1.32. The number of carbonyl (C=O) groups excluding carboxylic acids is 1. The summed E-state index contributed by atoms with van der Waals surface area (Å²) in [5, 5.41) is 14.5. The Kier molecular flexibility index (Phi) is 3.69. The van der Waals surface area contributed by atoms with E-state index in [0.717, 1.165) is 5.82 Å². The van der Waals surface area contributed by atoms with Gasteiger partial charge in [-0.15, -0.1) is 5.10 Å². The van der Waals surface area contributed by atoms with Gasteiger partial charge in [0, 0.05) is 6.42 Å². The lowest BCUT2D eigenvalue weighted by atomic mass is 10.2. The van der Waals surface area contributed by atoms with E-state index < -0.39 is 0 Å². The van der Waals surface area contributed by atoms with E-state index in [9.17, 15) is 4.79 Å². The standard InChI is InChI=1S/C15H15N5O2/c1-3-14-17-18-19-20(14)12-7-5-4-6-11(12)16-15(21)13-9-8-10(2)22-13/h4-9H,3H2,1-2H3,(H,16,21). The number of rotatable bonds is 4. The van der Waals surface area contributed by atoms with Gasteiger partial charge in [-0.05, 0) is 41.6 Å². The molecular formula is C15H15N5O2. The minimum absolute atomic E-state index is 0.264. The first kappa shape index (κ1) is 14.0. The average Bonchev–Trinajstić information content (AvgIpc) is 3.16. The SMILES string of the molecule is CCc1nnnn1-c1ccccc1NC(=O)c1ccc(C)o1. The van der Waals surface area contributed by atoms with Gasteiger partial charge in [-0.25, -0.2) is 0 Å². The Labute approximate surface area is 126 Å². The number of benzene rings is 1. The molecule has 7 heteroatoms. The zero-order valence-corrected chi connectivity index (χ0v) is 12.3. The molecule has 22 heavy (non-hydrogen) atoms. The van der Waals surface area contributed by atoms with Gasteiger partial charge in [-0.3, -0.25) is 4.79 Å². The first-order chi connectivity index (χ1) is 10.7. The monoisotopic (exact) mass is 297 g/mol. The fourth-order valence-electron chi connectivity index (χ4n) is 2.12. The molecule has 112 valence electrons. The average molecular weight is 297 g/mol. The van der Waals surface area contributed by atoms with Crippen molar-refractivity contribution < 1.29 is 9.21 Å². The molecule has 7 nitrogen and oxygen atoms in total. The van der Waals surface area contributed by atoms with Crippen molar-refractivity contribution >= 4 is 11.6 Å². The first-order valence-corrected chi connectivity index (χ1v) is 6.93. The van der Waals surface area contributed by atoms with Crippen LogP contribution >= 0.6 is 0 Å². The number of hydrogen-bond acceptors (Lipinski definition) is 5. The number of hydrogen-bond donors (Lipinski definition) is 1. The van der Waals surface area contributed by atoms with Crippen molar-refractivity contribution in [3.05, 3.63) is 53.7 Å². The summed E-state index contributed by atoms with van der Waals surface area (Å²) in [4.78, 5) is 12.2. The van der Waals surface area contributed by atoms with Crippen LogP contribution in [-0.2, 0) is 6.42 Å². The summed E-state index contributed by atoms with van der Waals surface area (Å²) in [6.45, 7) is 3.76. The molecule has 2 heterocycles. The zero-order valence-electron chi connectivity index (χ0n) is 12.3. The Hall–Kier alpha value is -2.96. The van der Waals surface area contributed by atoms with Crippen LogP contribution in [-0.4, -0.2) is 26.1 Å². The molecule has 0 saturated heterocycles. The van der Waals surface area contributed by atoms with E-state index in [0.29, 0.717) is 23.6 Å². The third kappa shape index (κ3) is 2.60. The molecule has 0 atom stereocenters. The maximum absolute atomic E-state index is 12.2. The molecule has 0 bridgehead atoms. The lowest BCUT2D eigenvalue weighted by molar-refractivity contribution is 0.0995. The topological polar surface area (TPSA) is 85.8 Å². The van der Waals surface area contributed by atoms with Gasteiger partial charge in [-0.2, -0.15) is 4.68 Å². The number of furan rings is 1. The van der Waals surface area contributed by atoms with Gasteiger partial charge in [0.15, 0.2) is 11.6 Å². The van der Waals surface area contributed by atoms with E-state index in [1.54, 1.807) is 29.8 Å². The number of carbonyl (C=O) groups is 1. The van der Waals surface area contributed by atoms with Gasteiger partial charge < -0.3 is 9.73 Å². The van der Waals surface area contributed by atoms with Crippen LogP contribution in [0, 0.1) is 6.92 Å². The molecule has 1 aromatic carbocycles. The number of nitrogens with zero attached hydrogens (tertiary/aromatic N) is 4. The number of amides is 1. The quantitative estimate of drug-likeness (QED) is 0.799. The van der Waals surface area contributed by atoms with Gasteiger partial charge in [0.05, 0.1) is 11.4 Å². The molecule has 0 radical (unpaired) electrons. The number of nitrogens with one attached hydrogen (secondary N) is 1. The van der Waals surface area contributed by atoms with E-state index >= 15 is 0 Å². The highest BCUT2D eigenvalue weighted by Gasteiger charge is 2.15. The molecule has 0 aliphatic carbocycles. The van der Waals surface area contributed by atoms with Crippen LogP contribution < -0.4 is 5.32 Å². The van der Waals surface area contributed by atoms with E-state index in [2.05, 4.69) is 20.8 Å². The summed E-state index contributed by atoms with van der Waals surface area (Å²) in [5.74, 6) is 1.36.